The van der Waals surface area contributed by atoms with Crippen LogP contribution in [0.2, 0.25) is 0 Å². The molecule has 2 heterocycles. The third-order valence-electron chi connectivity index (χ3n) is 2.17. The summed E-state index contributed by atoms with van der Waals surface area (Å²) in [5.41, 5.74) is 0. The van der Waals surface area contributed by atoms with E-state index in [4.69, 9.17) is 15.1 Å². The minimum atomic E-state index is -0.319. The molecule has 74 valence electrons. The third kappa shape index (κ3) is 1.95. The second-order valence-electron chi connectivity index (χ2n) is 3.49. The fourth-order valence-corrected chi connectivity index (χ4v) is 2.37. The summed E-state index contributed by atoms with van der Waals surface area (Å²) in [6.07, 6.45) is 0.599. The van der Waals surface area contributed by atoms with Crippen LogP contribution in [0.4, 0.5) is 0 Å². The highest BCUT2D eigenvalue weighted by atomic mass is 32.1. The average Bonchev–Trinajstić information content (AvgIpc) is 2.74. The van der Waals surface area contributed by atoms with E-state index >= 15 is 0 Å². The summed E-state index contributed by atoms with van der Waals surface area (Å²) in [6, 6.07) is 5.83. The molecule has 1 fully saturated rings. The van der Waals surface area contributed by atoms with Crippen molar-refractivity contribution in [2.24, 2.45) is 0 Å². The molecule has 0 saturated carbocycles. The van der Waals surface area contributed by atoms with E-state index in [1.165, 1.54) is 11.3 Å². The summed E-state index contributed by atoms with van der Waals surface area (Å²) in [5, 5.41) is 17.8. The van der Waals surface area contributed by atoms with Crippen molar-refractivity contribution >= 4 is 11.3 Å². The van der Waals surface area contributed by atoms with E-state index in [2.05, 4.69) is 6.07 Å². The molecule has 1 aliphatic rings. The topological polar surface area (TPSA) is 56.5 Å². The van der Waals surface area contributed by atoms with Gasteiger partial charge in [0.25, 0.3) is 0 Å². The van der Waals surface area contributed by atoms with Gasteiger partial charge in [-0.05, 0) is 19.1 Å². The van der Waals surface area contributed by atoms with Gasteiger partial charge in [0.15, 0.2) is 0 Å². The van der Waals surface area contributed by atoms with Crippen molar-refractivity contribution in [2.45, 2.75) is 31.7 Å². The van der Waals surface area contributed by atoms with Crippen LogP contribution in [0.3, 0.4) is 0 Å². The van der Waals surface area contributed by atoms with Gasteiger partial charge in [-0.3, -0.25) is 0 Å². The zero-order valence-corrected chi connectivity index (χ0v) is 8.62. The molecule has 0 radical (unpaired) electrons. The van der Waals surface area contributed by atoms with Crippen LogP contribution in [0.25, 0.3) is 0 Å². The number of thiophene rings is 1. The molecule has 0 amide bonds. The van der Waals surface area contributed by atoms with Gasteiger partial charge >= 0.3 is 0 Å². The van der Waals surface area contributed by atoms with E-state index in [1.54, 1.807) is 13.0 Å². The fourth-order valence-electron chi connectivity index (χ4n) is 1.47. The molecule has 2 rings (SSSR count). The number of hydrogen-bond acceptors (Lipinski definition) is 4. The second kappa shape index (κ2) is 3.70. The Morgan fingerprint density at radius 2 is 2.50 bits per heavy atom. The first-order chi connectivity index (χ1) is 6.70. The molecule has 0 aliphatic carbocycles. The third-order valence-corrected chi connectivity index (χ3v) is 3.22. The molecule has 3 nitrogen and oxygen atoms in total. The predicted molar refractivity (Wildman–Crippen MR) is 52.9 cm³/mol. The molecule has 0 aromatic carbocycles. The van der Waals surface area contributed by atoms with Crippen LogP contribution in [0.5, 0.6) is 0 Å². The Hall–Kier alpha value is -0.890. The van der Waals surface area contributed by atoms with Crippen LogP contribution < -0.4 is 0 Å². The number of rotatable bonds is 3. The number of aliphatic hydroxyl groups excluding tert-OH is 1. The number of aliphatic hydroxyl groups is 1. The number of nitrogens with zero attached hydrogens (tertiary/aromatic N) is 1. The fraction of sp³-hybridized carbons (Fsp3) is 0.500. The average molecular weight is 209 g/mol. The van der Waals surface area contributed by atoms with Crippen molar-refractivity contribution in [3.63, 3.8) is 0 Å². The lowest BCUT2D eigenvalue weighted by atomic mass is 10.1. The van der Waals surface area contributed by atoms with E-state index in [9.17, 15) is 0 Å². The minimum absolute atomic E-state index is 0.108. The maximum atomic E-state index is 9.15. The molecule has 0 spiro atoms. The molecule has 0 bridgehead atoms. The van der Waals surface area contributed by atoms with Gasteiger partial charge in [-0.2, -0.15) is 5.26 Å². The van der Waals surface area contributed by atoms with Gasteiger partial charge in [0.2, 0.25) is 0 Å². The minimum Gasteiger partial charge on any atom is -0.393 e. The highest BCUT2D eigenvalue weighted by Crippen LogP contribution is 2.43. The Kier molecular flexibility index (Phi) is 2.55. The zero-order chi connectivity index (χ0) is 10.1. The van der Waals surface area contributed by atoms with E-state index in [0.29, 0.717) is 11.3 Å². The van der Waals surface area contributed by atoms with E-state index < -0.39 is 0 Å². The molecule has 14 heavy (non-hydrogen) atoms. The summed E-state index contributed by atoms with van der Waals surface area (Å²) in [4.78, 5) is 1.80. The number of epoxide rings is 1. The molecule has 1 N–H and O–H groups in total. The lowest BCUT2D eigenvalue weighted by Gasteiger charge is -1.97. The normalized spacial score (nSPS) is 26.9. The van der Waals surface area contributed by atoms with Crippen LogP contribution in [0, 0.1) is 11.3 Å². The van der Waals surface area contributed by atoms with Crippen molar-refractivity contribution in [3.05, 3.63) is 21.9 Å². The van der Waals surface area contributed by atoms with Crippen LogP contribution in [0.15, 0.2) is 12.1 Å². The Balaban J connectivity index is 1.96. The Labute approximate surface area is 86.6 Å². The zero-order valence-electron chi connectivity index (χ0n) is 7.80. The van der Waals surface area contributed by atoms with Crippen molar-refractivity contribution in [1.82, 2.24) is 0 Å². The first-order valence-electron chi connectivity index (χ1n) is 4.54. The van der Waals surface area contributed by atoms with Crippen molar-refractivity contribution in [3.8, 4) is 6.07 Å². The monoisotopic (exact) mass is 209 g/mol. The Bertz CT molecular complexity index is 366. The summed E-state index contributed by atoms with van der Waals surface area (Å²) in [6.45, 7) is 1.76. The molecule has 3 unspecified atom stereocenters. The van der Waals surface area contributed by atoms with Gasteiger partial charge in [0.05, 0.1) is 12.2 Å². The van der Waals surface area contributed by atoms with Gasteiger partial charge in [0.1, 0.15) is 17.1 Å². The van der Waals surface area contributed by atoms with Gasteiger partial charge in [-0.25, -0.2) is 0 Å². The van der Waals surface area contributed by atoms with Gasteiger partial charge in [0, 0.05) is 11.3 Å². The van der Waals surface area contributed by atoms with Crippen LogP contribution in [-0.2, 0) is 4.74 Å². The predicted octanol–water partition coefficient (Wildman–Crippen LogP) is 1.83. The highest BCUT2D eigenvalue weighted by molar-refractivity contribution is 7.12. The quantitative estimate of drug-likeness (QED) is 0.773. The van der Waals surface area contributed by atoms with Crippen molar-refractivity contribution < 1.29 is 9.84 Å². The molecule has 1 aromatic heterocycles. The molecule has 1 aliphatic heterocycles. The second-order valence-corrected chi connectivity index (χ2v) is 4.61. The van der Waals surface area contributed by atoms with Gasteiger partial charge in [-0.15, -0.1) is 11.3 Å². The smallest absolute Gasteiger partial charge is 0.118 e. The lowest BCUT2D eigenvalue weighted by molar-refractivity contribution is 0.170. The van der Waals surface area contributed by atoms with Gasteiger partial charge in [-0.1, -0.05) is 0 Å². The first-order valence-corrected chi connectivity index (χ1v) is 5.35. The first kappa shape index (κ1) is 9.66. The molecule has 1 saturated heterocycles. The summed E-state index contributed by atoms with van der Waals surface area (Å²) in [7, 11) is 0. The Morgan fingerprint density at radius 1 is 1.71 bits per heavy atom. The largest absolute Gasteiger partial charge is 0.393 e. The summed E-state index contributed by atoms with van der Waals surface area (Å²) in [5.74, 6) is 0. The van der Waals surface area contributed by atoms with Crippen molar-refractivity contribution in [2.75, 3.05) is 0 Å². The van der Waals surface area contributed by atoms with E-state index in [-0.39, 0.29) is 18.3 Å². The number of hydrogen-bond donors (Lipinski definition) is 1. The number of ether oxygens (including phenoxy) is 1. The van der Waals surface area contributed by atoms with Crippen LogP contribution in [0.1, 0.15) is 29.2 Å². The van der Waals surface area contributed by atoms with Crippen LogP contribution in [-0.4, -0.2) is 17.3 Å². The molecule has 3 atom stereocenters. The maximum Gasteiger partial charge on any atom is 0.118 e. The lowest BCUT2D eigenvalue weighted by Crippen LogP contribution is -2.03. The molecular weight excluding hydrogens is 198 g/mol. The molecule has 1 aromatic rings. The molecule has 4 heteroatoms. The SMILES string of the molecule is CC(O)CC1OC1c1ccc(C#N)s1. The highest BCUT2D eigenvalue weighted by Gasteiger charge is 2.41. The maximum absolute atomic E-state index is 9.15. The van der Waals surface area contributed by atoms with Gasteiger partial charge < -0.3 is 9.84 Å². The summed E-state index contributed by atoms with van der Waals surface area (Å²) < 4.78 is 5.41. The van der Waals surface area contributed by atoms with E-state index in [1.807, 2.05) is 6.07 Å². The van der Waals surface area contributed by atoms with Crippen LogP contribution >= 0.6 is 11.3 Å². The number of nitriles is 1. The summed E-state index contributed by atoms with van der Waals surface area (Å²) >= 11 is 1.47. The van der Waals surface area contributed by atoms with E-state index in [0.717, 1.165) is 4.88 Å². The standard InChI is InChI=1S/C10H11NO2S/c1-6(12)4-8-10(13-8)9-3-2-7(5-11)14-9/h2-3,6,8,10,12H,4H2,1H3. The van der Waals surface area contributed by atoms with Crippen molar-refractivity contribution in [1.29, 1.82) is 5.26 Å². The Morgan fingerprint density at radius 3 is 3.07 bits per heavy atom. The molecular formula is C10H11NO2S.